The van der Waals surface area contributed by atoms with E-state index in [9.17, 15) is 29.5 Å². The summed E-state index contributed by atoms with van der Waals surface area (Å²) in [7, 11) is -9.90. The summed E-state index contributed by atoms with van der Waals surface area (Å²) in [4.78, 5) is 10.2. The van der Waals surface area contributed by atoms with E-state index in [2.05, 4.69) is 10.4 Å². The third kappa shape index (κ3) is 5.83. The highest BCUT2D eigenvalue weighted by molar-refractivity contribution is 8.45. The van der Waals surface area contributed by atoms with Crippen LogP contribution in [0.15, 0.2) is 53.7 Å². The van der Waals surface area contributed by atoms with Gasteiger partial charge in [0.15, 0.2) is 0 Å². The molecule has 2 heterocycles. The number of halogens is 6. The molecule has 0 aliphatic carbocycles. The normalized spacial score (nSPS) is 16.6. The molecule has 6 nitrogen and oxygen atoms in total. The molecule has 36 heavy (non-hydrogen) atoms. The minimum absolute atomic E-state index is 0.0163. The van der Waals surface area contributed by atoms with Crippen LogP contribution in [0.4, 0.5) is 29.5 Å². The van der Waals surface area contributed by atoms with Crippen molar-refractivity contribution in [3.8, 4) is 17.2 Å². The summed E-state index contributed by atoms with van der Waals surface area (Å²) in [5, 5.41) is 16.1. The number of nitriles is 1. The van der Waals surface area contributed by atoms with Crippen molar-refractivity contribution in [3.63, 3.8) is 0 Å². The average molecular weight is 530 g/mol. The molecule has 1 aliphatic rings. The molecule has 1 amide bonds. The fraction of sp³-hybridized carbons (Fsp3) is 0.261. The largest absolute Gasteiger partial charge is 0.381 e. The van der Waals surface area contributed by atoms with E-state index in [4.69, 9.17) is 4.74 Å². The number of benzene rings is 2. The van der Waals surface area contributed by atoms with Crippen molar-refractivity contribution in [2.45, 2.75) is 30.2 Å². The number of anilines is 1. The molecule has 0 radical (unpaired) electrons. The maximum atomic E-state index is 15.0. The molecule has 1 saturated heterocycles. The summed E-state index contributed by atoms with van der Waals surface area (Å²) in [5.41, 5.74) is -0.173. The summed E-state index contributed by atoms with van der Waals surface area (Å²) in [6, 6.07) is 6.44. The Balaban J connectivity index is 1.53. The van der Waals surface area contributed by atoms with Gasteiger partial charge in [0.2, 0.25) is 5.91 Å². The van der Waals surface area contributed by atoms with Gasteiger partial charge in [-0.2, -0.15) is 10.4 Å². The molecule has 1 aliphatic heterocycles. The first-order chi connectivity index (χ1) is 16.7. The third-order valence-electron chi connectivity index (χ3n) is 5.66. The first-order valence-corrected chi connectivity index (χ1v) is 12.7. The molecule has 192 valence electrons. The Morgan fingerprint density at radius 2 is 1.89 bits per heavy atom. The van der Waals surface area contributed by atoms with Crippen LogP contribution >= 0.6 is 10.2 Å². The monoisotopic (exact) mass is 530 g/mol. The molecule has 4 rings (SSSR count). The van der Waals surface area contributed by atoms with Gasteiger partial charge in [-0.3, -0.25) is 9.48 Å². The SMILES string of the molecule is N#Cc1cc(NC(=O)Cc2cccc(S(F)(F)(F)(F)F)c2)cc(F)c1-c1cnn(C2CCOCC2)c1. The van der Waals surface area contributed by atoms with E-state index >= 15 is 4.39 Å². The summed E-state index contributed by atoms with van der Waals surface area (Å²) in [5.74, 6) is -1.70. The van der Waals surface area contributed by atoms with Crippen molar-refractivity contribution >= 4 is 21.8 Å². The average Bonchev–Trinajstić information content (AvgIpc) is 3.27. The van der Waals surface area contributed by atoms with Gasteiger partial charge in [0.05, 0.1) is 30.3 Å². The lowest BCUT2D eigenvalue weighted by Gasteiger charge is -2.40. The molecule has 1 N–H and O–H groups in total. The number of carbonyl (C=O) groups is 1. The van der Waals surface area contributed by atoms with E-state index in [-0.39, 0.29) is 40.6 Å². The number of aromatic nitrogens is 2. The van der Waals surface area contributed by atoms with Crippen LogP contribution < -0.4 is 5.32 Å². The van der Waals surface area contributed by atoms with Crippen LogP contribution in [0.2, 0.25) is 0 Å². The van der Waals surface area contributed by atoms with Crippen LogP contribution in [-0.4, -0.2) is 28.9 Å². The first kappa shape index (κ1) is 25.6. The molecule has 0 saturated carbocycles. The fourth-order valence-electron chi connectivity index (χ4n) is 3.96. The van der Waals surface area contributed by atoms with Gasteiger partial charge in [0, 0.05) is 36.2 Å². The Hall–Kier alpha value is -3.50. The van der Waals surface area contributed by atoms with Crippen molar-refractivity contribution in [1.29, 1.82) is 5.26 Å². The summed E-state index contributed by atoms with van der Waals surface area (Å²) < 4.78 is 87.2. The van der Waals surface area contributed by atoms with E-state index in [0.29, 0.717) is 18.8 Å². The van der Waals surface area contributed by atoms with Gasteiger partial charge in [0.1, 0.15) is 10.7 Å². The Morgan fingerprint density at radius 1 is 1.17 bits per heavy atom. The number of carbonyl (C=O) groups excluding carboxylic acids is 1. The quantitative estimate of drug-likeness (QED) is 0.358. The second kappa shape index (κ2) is 8.56. The minimum Gasteiger partial charge on any atom is -0.381 e. The summed E-state index contributed by atoms with van der Waals surface area (Å²) in [6.45, 7) is 1.16. The maximum Gasteiger partial charge on any atom is 0.310 e. The molecule has 0 unspecified atom stereocenters. The van der Waals surface area contributed by atoms with Crippen molar-refractivity contribution in [2.24, 2.45) is 0 Å². The number of nitrogens with one attached hydrogen (secondary N) is 1. The second-order valence-electron chi connectivity index (χ2n) is 8.39. The van der Waals surface area contributed by atoms with Crippen molar-refractivity contribution in [3.05, 3.63) is 65.7 Å². The van der Waals surface area contributed by atoms with Crippen LogP contribution in [0, 0.1) is 17.1 Å². The first-order valence-electron chi connectivity index (χ1n) is 10.7. The van der Waals surface area contributed by atoms with Gasteiger partial charge in [-0.25, -0.2) is 4.39 Å². The Labute approximate surface area is 202 Å². The molecule has 1 aromatic heterocycles. The van der Waals surface area contributed by atoms with Gasteiger partial charge in [-0.15, -0.1) is 0 Å². The minimum atomic E-state index is -9.90. The van der Waals surface area contributed by atoms with Gasteiger partial charge < -0.3 is 10.1 Å². The molecule has 0 spiro atoms. The number of nitrogens with zero attached hydrogens (tertiary/aromatic N) is 3. The van der Waals surface area contributed by atoms with Gasteiger partial charge in [-0.1, -0.05) is 31.6 Å². The standard InChI is InChI=1S/C23H20F6N4O2S/c24-21-11-18(32-22(34)9-15-2-1-3-20(8-15)36(25,26,27,28)29)10-16(12-30)23(21)17-13-31-33(14-17)19-4-6-35-7-5-19/h1-3,8,10-11,13-14,19H,4-7,9H2,(H,32,34). The van der Waals surface area contributed by atoms with Gasteiger partial charge >= 0.3 is 10.2 Å². The summed E-state index contributed by atoms with van der Waals surface area (Å²) in [6.07, 6.45) is 3.86. The predicted molar refractivity (Wildman–Crippen MR) is 122 cm³/mol. The van der Waals surface area contributed by atoms with Crippen LogP contribution in [0.3, 0.4) is 0 Å². The van der Waals surface area contributed by atoms with Crippen LogP contribution in [-0.2, 0) is 16.0 Å². The molecule has 0 atom stereocenters. The lowest BCUT2D eigenvalue weighted by molar-refractivity contribution is -0.115. The van der Waals surface area contributed by atoms with E-state index in [1.54, 1.807) is 10.9 Å². The molecular weight excluding hydrogens is 510 g/mol. The van der Waals surface area contributed by atoms with Crippen molar-refractivity contribution in [1.82, 2.24) is 9.78 Å². The molecule has 2 aromatic carbocycles. The van der Waals surface area contributed by atoms with Gasteiger partial charge in [0.25, 0.3) is 0 Å². The highest BCUT2D eigenvalue weighted by Gasteiger charge is 2.65. The molecule has 1 fully saturated rings. The zero-order valence-electron chi connectivity index (χ0n) is 18.6. The lowest BCUT2D eigenvalue weighted by atomic mass is 10.0. The van der Waals surface area contributed by atoms with E-state index in [1.807, 2.05) is 6.07 Å². The third-order valence-corrected chi connectivity index (χ3v) is 6.80. The highest BCUT2D eigenvalue weighted by atomic mass is 32.5. The fourth-order valence-corrected chi connectivity index (χ4v) is 4.67. The van der Waals surface area contributed by atoms with E-state index < -0.39 is 33.3 Å². The molecule has 3 aromatic rings. The number of hydrogen-bond acceptors (Lipinski definition) is 4. The summed E-state index contributed by atoms with van der Waals surface area (Å²) >= 11 is 0. The zero-order valence-corrected chi connectivity index (χ0v) is 19.4. The number of amides is 1. The number of hydrogen-bond donors (Lipinski definition) is 1. The Bertz CT molecular complexity index is 1360. The predicted octanol–water partition coefficient (Wildman–Crippen LogP) is 6.75. The highest BCUT2D eigenvalue weighted by Crippen LogP contribution is 3.02. The molecule has 0 bridgehead atoms. The van der Waals surface area contributed by atoms with Crippen LogP contribution in [0.5, 0.6) is 0 Å². The number of ether oxygens (including phenoxy) is 1. The molecular formula is C23H20F6N4O2S. The van der Waals surface area contributed by atoms with Gasteiger partial charge in [-0.05, 0) is 42.7 Å². The van der Waals surface area contributed by atoms with Crippen molar-refractivity contribution in [2.75, 3.05) is 18.5 Å². The second-order valence-corrected chi connectivity index (χ2v) is 10.8. The Morgan fingerprint density at radius 3 is 2.56 bits per heavy atom. The van der Waals surface area contributed by atoms with Crippen LogP contribution in [0.1, 0.15) is 30.0 Å². The van der Waals surface area contributed by atoms with Crippen molar-refractivity contribution < 1.29 is 33.4 Å². The van der Waals surface area contributed by atoms with Crippen LogP contribution in [0.25, 0.3) is 11.1 Å². The maximum absolute atomic E-state index is 15.0. The smallest absolute Gasteiger partial charge is 0.310 e. The number of rotatable bonds is 6. The lowest BCUT2D eigenvalue weighted by Crippen LogP contribution is -2.19. The topological polar surface area (TPSA) is 79.9 Å². The zero-order chi connectivity index (χ0) is 26.2. The van der Waals surface area contributed by atoms with E-state index in [0.717, 1.165) is 31.0 Å². The van der Waals surface area contributed by atoms with E-state index in [1.165, 1.54) is 12.3 Å². The Kier molecular flexibility index (Phi) is 6.09. The molecule has 13 heteroatoms.